The van der Waals surface area contributed by atoms with Crippen LogP contribution in [0.4, 0.5) is 5.69 Å². The van der Waals surface area contributed by atoms with E-state index in [1.807, 2.05) is 0 Å². The molecular weight excluding hydrogens is 376 g/mol. The molecule has 2 aliphatic rings. The fraction of sp³-hybridized carbons (Fsp3) is 0.500. The quantitative estimate of drug-likeness (QED) is 0.684. The van der Waals surface area contributed by atoms with Crippen LogP contribution in [0.1, 0.15) is 49.4 Å². The van der Waals surface area contributed by atoms with E-state index in [1.165, 1.54) is 11.8 Å². The van der Waals surface area contributed by atoms with Crippen LogP contribution in [0.5, 0.6) is 0 Å². The molecule has 0 spiro atoms. The number of unbranched alkanes of at least 4 members (excludes halogenated alkanes) is 1. The Morgan fingerprint density at radius 2 is 1.93 bits per heavy atom. The zero-order valence-electron chi connectivity index (χ0n) is 16.1. The molecule has 3 rings (SSSR count). The van der Waals surface area contributed by atoms with Crippen LogP contribution in [0.15, 0.2) is 29.3 Å². The van der Waals surface area contributed by atoms with Crippen molar-refractivity contribution < 1.29 is 14.4 Å². The number of carbonyl (C=O) groups excluding carboxylic acids is 3. The number of hydrogen-bond acceptors (Lipinski definition) is 5. The number of aliphatic imine (C=N–C) groups is 1. The number of hydrogen-bond donors (Lipinski definition) is 2. The predicted octanol–water partition coefficient (Wildman–Crippen LogP) is 2.64. The van der Waals surface area contributed by atoms with E-state index < -0.39 is 5.25 Å². The summed E-state index contributed by atoms with van der Waals surface area (Å²) in [7, 11) is 0. The molecule has 0 aromatic heterocycles. The molecule has 0 saturated carbocycles. The lowest BCUT2D eigenvalue weighted by molar-refractivity contribution is -0.121. The topological polar surface area (TPSA) is 90.9 Å². The van der Waals surface area contributed by atoms with Gasteiger partial charge in [0.05, 0.1) is 0 Å². The summed E-state index contributed by atoms with van der Waals surface area (Å²) < 4.78 is 0. The first-order valence-electron chi connectivity index (χ1n) is 9.79. The highest BCUT2D eigenvalue weighted by atomic mass is 32.2. The molecule has 1 aromatic carbocycles. The van der Waals surface area contributed by atoms with E-state index in [0.717, 1.165) is 43.9 Å². The van der Waals surface area contributed by atoms with Crippen molar-refractivity contribution in [1.29, 1.82) is 0 Å². The summed E-state index contributed by atoms with van der Waals surface area (Å²) in [5.41, 5.74) is 1.16. The van der Waals surface area contributed by atoms with Crippen molar-refractivity contribution in [3.05, 3.63) is 29.8 Å². The number of nitrogens with zero attached hydrogens (tertiary/aromatic N) is 2. The van der Waals surface area contributed by atoms with Gasteiger partial charge in [-0.25, -0.2) is 0 Å². The average Bonchev–Trinajstić information content (AvgIpc) is 3.33. The van der Waals surface area contributed by atoms with Crippen LogP contribution in [0.2, 0.25) is 0 Å². The summed E-state index contributed by atoms with van der Waals surface area (Å²) in [5.74, 6) is -0.587. The first-order chi connectivity index (χ1) is 13.6. The van der Waals surface area contributed by atoms with Gasteiger partial charge in [0.25, 0.3) is 11.8 Å². The maximum absolute atomic E-state index is 12.3. The molecule has 0 radical (unpaired) electrons. The number of carbonyl (C=O) groups is 3. The average molecular weight is 403 g/mol. The Morgan fingerprint density at radius 1 is 1.21 bits per heavy atom. The summed E-state index contributed by atoms with van der Waals surface area (Å²) >= 11 is 1.38. The predicted molar refractivity (Wildman–Crippen MR) is 112 cm³/mol. The van der Waals surface area contributed by atoms with Crippen molar-refractivity contribution in [2.45, 2.75) is 44.3 Å². The highest BCUT2D eigenvalue weighted by molar-refractivity contribution is 8.15. The van der Waals surface area contributed by atoms with Gasteiger partial charge in [-0.2, -0.15) is 4.99 Å². The van der Waals surface area contributed by atoms with E-state index in [-0.39, 0.29) is 24.1 Å². The second kappa shape index (κ2) is 9.73. The van der Waals surface area contributed by atoms with Crippen LogP contribution in [-0.4, -0.2) is 52.7 Å². The second-order valence-electron chi connectivity index (χ2n) is 6.97. The Labute approximate surface area is 169 Å². The summed E-state index contributed by atoms with van der Waals surface area (Å²) in [4.78, 5) is 42.6. The van der Waals surface area contributed by atoms with Crippen LogP contribution >= 0.6 is 11.8 Å². The number of amides is 3. The molecule has 2 aliphatic heterocycles. The van der Waals surface area contributed by atoms with Crippen LogP contribution in [-0.2, 0) is 9.59 Å². The van der Waals surface area contributed by atoms with Crippen molar-refractivity contribution in [2.75, 3.05) is 25.0 Å². The molecule has 8 heteroatoms. The van der Waals surface area contributed by atoms with Gasteiger partial charge in [0.2, 0.25) is 5.91 Å². The van der Waals surface area contributed by atoms with Gasteiger partial charge in [-0.05, 0) is 43.5 Å². The van der Waals surface area contributed by atoms with E-state index in [2.05, 4.69) is 27.4 Å². The molecule has 3 amide bonds. The Balaban J connectivity index is 1.47. The zero-order valence-corrected chi connectivity index (χ0v) is 16.9. The molecule has 0 bridgehead atoms. The third-order valence-corrected chi connectivity index (χ3v) is 5.94. The van der Waals surface area contributed by atoms with Gasteiger partial charge >= 0.3 is 0 Å². The maximum atomic E-state index is 12.3. The monoisotopic (exact) mass is 402 g/mol. The Bertz CT molecular complexity index is 757. The van der Waals surface area contributed by atoms with Gasteiger partial charge in [0.1, 0.15) is 5.25 Å². The lowest BCUT2D eigenvalue weighted by Gasteiger charge is -2.16. The van der Waals surface area contributed by atoms with Crippen molar-refractivity contribution in [3.8, 4) is 0 Å². The minimum absolute atomic E-state index is 0.0869. The van der Waals surface area contributed by atoms with E-state index in [4.69, 9.17) is 0 Å². The van der Waals surface area contributed by atoms with Gasteiger partial charge in [-0.3, -0.25) is 14.4 Å². The fourth-order valence-corrected chi connectivity index (χ4v) is 4.24. The van der Waals surface area contributed by atoms with Gasteiger partial charge in [-0.1, -0.05) is 25.1 Å². The second-order valence-corrected chi connectivity index (χ2v) is 8.14. The van der Waals surface area contributed by atoms with Gasteiger partial charge in [-0.15, -0.1) is 0 Å². The molecule has 1 saturated heterocycles. The number of benzene rings is 1. The third kappa shape index (κ3) is 5.34. The number of nitrogens with one attached hydrogen (secondary N) is 2. The minimum atomic E-state index is -0.459. The van der Waals surface area contributed by atoms with E-state index in [9.17, 15) is 14.4 Å². The maximum Gasteiger partial charge on any atom is 0.262 e. The zero-order chi connectivity index (χ0) is 19.9. The van der Waals surface area contributed by atoms with Crippen molar-refractivity contribution in [2.24, 2.45) is 4.99 Å². The number of likely N-dealkylation sites (tertiary alicyclic amines) is 1. The van der Waals surface area contributed by atoms with Crippen molar-refractivity contribution in [1.82, 2.24) is 10.2 Å². The molecule has 2 N–H and O–H groups in total. The third-order valence-electron chi connectivity index (χ3n) is 4.72. The molecule has 7 nitrogen and oxygen atoms in total. The Kier molecular flexibility index (Phi) is 7.08. The standard InChI is InChI=1S/C20H26N4O3S/c1-2-3-10-21-18(26)14-6-8-15(9-7-14)22-17(25)13-16-19(27)23-20(28-16)24-11-4-5-12-24/h6-9,16H,2-5,10-13H2,1H3,(H,21,26)(H,22,25)/t16-/m1/s1. The lowest BCUT2D eigenvalue weighted by atomic mass is 10.2. The van der Waals surface area contributed by atoms with Crippen molar-refractivity contribution in [3.63, 3.8) is 0 Å². The highest BCUT2D eigenvalue weighted by Crippen LogP contribution is 2.29. The SMILES string of the molecule is CCCCNC(=O)c1ccc(NC(=O)C[C@H]2SC(N3CCCC3)=NC2=O)cc1. The normalized spacial score (nSPS) is 18.9. The van der Waals surface area contributed by atoms with Crippen LogP contribution in [0.25, 0.3) is 0 Å². The fourth-order valence-electron chi connectivity index (χ4n) is 3.12. The molecule has 0 aliphatic carbocycles. The smallest absolute Gasteiger partial charge is 0.262 e. The lowest BCUT2D eigenvalue weighted by Crippen LogP contribution is -2.25. The van der Waals surface area contributed by atoms with Gasteiger partial charge in [0.15, 0.2) is 5.17 Å². The molecule has 0 unspecified atom stereocenters. The molecule has 150 valence electrons. The summed E-state index contributed by atoms with van der Waals surface area (Å²) in [6, 6.07) is 6.76. The van der Waals surface area contributed by atoms with Gasteiger partial charge in [0, 0.05) is 37.3 Å². The number of rotatable bonds is 7. The number of thioether (sulfide) groups is 1. The van der Waals surface area contributed by atoms with E-state index >= 15 is 0 Å². The summed E-state index contributed by atoms with van der Waals surface area (Å²) in [6.45, 7) is 4.58. The largest absolute Gasteiger partial charge is 0.352 e. The van der Waals surface area contributed by atoms with E-state index in [0.29, 0.717) is 17.8 Å². The molecule has 1 aromatic rings. The number of amidine groups is 1. The Morgan fingerprint density at radius 3 is 2.61 bits per heavy atom. The van der Waals surface area contributed by atoms with Gasteiger partial charge < -0.3 is 15.5 Å². The first-order valence-corrected chi connectivity index (χ1v) is 10.7. The molecular formula is C20H26N4O3S. The van der Waals surface area contributed by atoms with Crippen molar-refractivity contribution >= 4 is 40.3 Å². The van der Waals surface area contributed by atoms with Crippen LogP contribution < -0.4 is 10.6 Å². The molecule has 28 heavy (non-hydrogen) atoms. The van der Waals surface area contributed by atoms with Crippen LogP contribution in [0.3, 0.4) is 0 Å². The van der Waals surface area contributed by atoms with Crippen LogP contribution in [0, 0.1) is 0 Å². The summed E-state index contributed by atoms with van der Waals surface area (Å²) in [6.07, 6.45) is 4.29. The number of anilines is 1. The first kappa shape index (κ1) is 20.4. The Hall–Kier alpha value is -2.35. The van der Waals surface area contributed by atoms with E-state index in [1.54, 1.807) is 24.3 Å². The molecule has 1 fully saturated rings. The highest BCUT2D eigenvalue weighted by Gasteiger charge is 2.33. The molecule has 2 heterocycles. The molecule has 1 atom stereocenters. The summed E-state index contributed by atoms with van der Waals surface area (Å²) in [5, 5.41) is 5.94. The minimum Gasteiger partial charge on any atom is -0.352 e.